The fraction of sp³-hybridized carbons (Fsp3) is 0.350. The first-order valence-electron chi connectivity index (χ1n) is 9.40. The molecule has 1 unspecified atom stereocenters. The normalized spacial score (nSPS) is 15.7. The molecule has 162 valence electrons. The number of fused-ring (bicyclic) bond motifs is 1. The molecule has 0 aliphatic heterocycles. The van der Waals surface area contributed by atoms with Crippen LogP contribution >= 0.6 is 0 Å². The second-order valence-electron chi connectivity index (χ2n) is 6.76. The summed E-state index contributed by atoms with van der Waals surface area (Å²) in [6.07, 6.45) is 6.00. The number of sulfonamides is 1. The van der Waals surface area contributed by atoms with Gasteiger partial charge in [0.2, 0.25) is 10.0 Å². The fourth-order valence-corrected chi connectivity index (χ4v) is 3.94. The number of rotatable bonds is 6. The summed E-state index contributed by atoms with van der Waals surface area (Å²) in [4.78, 5) is 26.7. The number of benzene rings is 1. The lowest BCUT2D eigenvalue weighted by Crippen LogP contribution is -2.19. The Morgan fingerprint density at radius 3 is 2.47 bits per heavy atom. The van der Waals surface area contributed by atoms with E-state index < -0.39 is 22.0 Å². The Labute approximate surface area is 174 Å². The number of nitrogens with zero attached hydrogens (tertiary/aromatic N) is 1. The van der Waals surface area contributed by atoms with Gasteiger partial charge in [0, 0.05) is 30.0 Å². The van der Waals surface area contributed by atoms with Crippen LogP contribution in [0.2, 0.25) is 0 Å². The summed E-state index contributed by atoms with van der Waals surface area (Å²) in [6, 6.07) is 5.87. The summed E-state index contributed by atoms with van der Waals surface area (Å²) in [7, 11) is -3.25. The zero-order valence-corrected chi connectivity index (χ0v) is 17.6. The number of aryl methyl sites for hydroxylation is 1. The Hall–Kier alpha value is -3.14. The number of hydrogen-bond donors (Lipinski definition) is 4. The molecular weight excluding hydrogens is 410 g/mol. The maximum atomic E-state index is 11.9. The number of carbonyl (C=O) groups is 2. The molecule has 3 rings (SSSR count). The van der Waals surface area contributed by atoms with Gasteiger partial charge >= 0.3 is 11.9 Å². The van der Waals surface area contributed by atoms with Crippen LogP contribution in [0.1, 0.15) is 48.3 Å². The maximum absolute atomic E-state index is 11.9. The highest BCUT2D eigenvalue weighted by molar-refractivity contribution is 7.92. The summed E-state index contributed by atoms with van der Waals surface area (Å²) >= 11 is 0. The smallest absolute Gasteiger partial charge is 0.328 e. The van der Waals surface area contributed by atoms with Gasteiger partial charge in [0.15, 0.2) is 0 Å². The van der Waals surface area contributed by atoms with E-state index in [1.54, 1.807) is 6.92 Å². The van der Waals surface area contributed by atoms with Crippen LogP contribution in [0.25, 0.3) is 0 Å². The summed E-state index contributed by atoms with van der Waals surface area (Å²) < 4.78 is 26.5. The number of carboxylic acids is 2. The third-order valence-corrected chi connectivity index (χ3v) is 5.91. The molecule has 1 aliphatic carbocycles. The van der Waals surface area contributed by atoms with Gasteiger partial charge in [0.1, 0.15) is 5.82 Å². The van der Waals surface area contributed by atoms with Crippen molar-refractivity contribution >= 4 is 27.6 Å². The van der Waals surface area contributed by atoms with Crippen molar-refractivity contribution in [1.29, 1.82) is 0 Å². The van der Waals surface area contributed by atoms with Crippen LogP contribution in [0.5, 0.6) is 0 Å². The number of H-pyrrole nitrogens is 1. The van der Waals surface area contributed by atoms with Crippen molar-refractivity contribution < 1.29 is 28.2 Å². The lowest BCUT2D eigenvalue weighted by Gasteiger charge is -2.26. The molecule has 1 heterocycles. The third-order valence-electron chi connectivity index (χ3n) is 4.62. The van der Waals surface area contributed by atoms with Gasteiger partial charge in [0.05, 0.1) is 11.4 Å². The van der Waals surface area contributed by atoms with Crippen molar-refractivity contribution in [3.63, 3.8) is 0 Å². The first-order chi connectivity index (χ1) is 14.1. The topological polar surface area (TPSA) is 149 Å². The van der Waals surface area contributed by atoms with Crippen LogP contribution in [0.4, 0.5) is 5.69 Å². The van der Waals surface area contributed by atoms with E-state index in [-0.39, 0.29) is 11.7 Å². The van der Waals surface area contributed by atoms with Gasteiger partial charge in [-0.2, -0.15) is 0 Å². The van der Waals surface area contributed by atoms with Crippen LogP contribution < -0.4 is 4.72 Å². The molecule has 30 heavy (non-hydrogen) atoms. The third kappa shape index (κ3) is 6.45. The molecule has 0 saturated heterocycles. The van der Waals surface area contributed by atoms with Crippen molar-refractivity contribution in [2.24, 2.45) is 0 Å². The van der Waals surface area contributed by atoms with Crippen LogP contribution in [0, 0.1) is 6.92 Å². The number of imidazole rings is 1. The van der Waals surface area contributed by atoms with E-state index in [1.165, 1.54) is 5.56 Å². The fourth-order valence-electron chi connectivity index (χ4n) is 3.27. The van der Waals surface area contributed by atoms with Gasteiger partial charge in [-0.05, 0) is 50.3 Å². The van der Waals surface area contributed by atoms with Crippen molar-refractivity contribution in [3.8, 4) is 0 Å². The van der Waals surface area contributed by atoms with Crippen molar-refractivity contribution in [1.82, 2.24) is 9.97 Å². The molecule has 0 spiro atoms. The first kappa shape index (κ1) is 23.1. The molecule has 0 fully saturated rings. The monoisotopic (exact) mass is 435 g/mol. The summed E-state index contributed by atoms with van der Waals surface area (Å²) in [5.74, 6) is -1.26. The minimum Gasteiger partial charge on any atom is -0.478 e. The van der Waals surface area contributed by atoms with Crippen LogP contribution in [0.15, 0.2) is 36.5 Å². The Kier molecular flexibility index (Phi) is 7.76. The first-order valence-corrected chi connectivity index (χ1v) is 11.1. The molecule has 10 heteroatoms. The molecule has 2 aromatic rings. The second kappa shape index (κ2) is 10.1. The molecule has 0 saturated carbocycles. The largest absolute Gasteiger partial charge is 0.478 e. The number of hydrogen-bond acceptors (Lipinski definition) is 5. The van der Waals surface area contributed by atoms with Gasteiger partial charge in [0.25, 0.3) is 0 Å². The van der Waals surface area contributed by atoms with E-state index in [9.17, 15) is 18.0 Å². The highest BCUT2D eigenvalue weighted by Crippen LogP contribution is 2.39. The zero-order chi connectivity index (χ0) is 22.3. The van der Waals surface area contributed by atoms with E-state index in [2.05, 4.69) is 20.8 Å². The Morgan fingerprint density at radius 1 is 1.27 bits per heavy atom. The molecule has 1 aromatic carbocycles. The number of aliphatic carboxylic acids is 2. The summed E-state index contributed by atoms with van der Waals surface area (Å²) in [5.41, 5.74) is 4.14. The van der Waals surface area contributed by atoms with E-state index >= 15 is 0 Å². The van der Waals surface area contributed by atoms with Gasteiger partial charge in [-0.3, -0.25) is 4.72 Å². The molecular formula is C20H25N3O6S. The van der Waals surface area contributed by atoms with Gasteiger partial charge < -0.3 is 15.2 Å². The van der Waals surface area contributed by atoms with Crippen molar-refractivity contribution in [2.75, 3.05) is 10.5 Å². The Morgan fingerprint density at radius 2 is 1.93 bits per heavy atom. The zero-order valence-electron chi connectivity index (χ0n) is 16.8. The number of aromatic nitrogens is 2. The van der Waals surface area contributed by atoms with Crippen LogP contribution in [0.3, 0.4) is 0 Å². The van der Waals surface area contributed by atoms with Crippen LogP contribution in [-0.2, 0) is 26.0 Å². The predicted molar refractivity (Wildman–Crippen MR) is 112 cm³/mol. The SMILES string of the molecule is CCS(=O)(=O)Nc1cccc2c1CCCC2c1cnc(C)[nH]1.O=C(O)/C=C\C(=O)O. The standard InChI is InChI=1S/C16H21N3O2S.C4H4O4/c1-3-22(20,21)19-15-9-5-6-12-13(15)7-4-8-14(12)16-10-17-11(2)18-16;5-3(6)1-2-4(7)8/h5-6,9-10,14,19H,3-4,7-8H2,1-2H3,(H,17,18);1-2H,(H,5,6)(H,7,8)/b;2-1-. The Balaban J connectivity index is 0.000000343. The number of anilines is 1. The van der Waals surface area contributed by atoms with Gasteiger partial charge in [-0.25, -0.2) is 23.0 Å². The molecule has 0 radical (unpaired) electrons. The molecule has 4 N–H and O–H groups in total. The highest BCUT2D eigenvalue weighted by Gasteiger charge is 2.25. The highest BCUT2D eigenvalue weighted by atomic mass is 32.2. The second-order valence-corrected chi connectivity index (χ2v) is 8.77. The molecule has 9 nitrogen and oxygen atoms in total. The minimum atomic E-state index is -3.25. The molecule has 0 amide bonds. The Bertz CT molecular complexity index is 1030. The van der Waals surface area contributed by atoms with E-state index in [0.717, 1.165) is 42.0 Å². The van der Waals surface area contributed by atoms with Gasteiger partial charge in [-0.1, -0.05) is 12.1 Å². The summed E-state index contributed by atoms with van der Waals surface area (Å²) in [5, 5.41) is 15.6. The molecule has 1 atom stereocenters. The molecule has 0 bridgehead atoms. The summed E-state index contributed by atoms with van der Waals surface area (Å²) in [6.45, 7) is 3.59. The van der Waals surface area contributed by atoms with Crippen molar-refractivity contribution in [2.45, 2.75) is 39.0 Å². The minimum absolute atomic E-state index is 0.0832. The number of aromatic amines is 1. The number of nitrogens with one attached hydrogen (secondary N) is 2. The average molecular weight is 436 g/mol. The maximum Gasteiger partial charge on any atom is 0.328 e. The lowest BCUT2D eigenvalue weighted by molar-refractivity contribution is -0.134. The van der Waals surface area contributed by atoms with Gasteiger partial charge in [-0.15, -0.1) is 0 Å². The quantitative estimate of drug-likeness (QED) is 0.509. The lowest BCUT2D eigenvalue weighted by atomic mass is 9.80. The average Bonchev–Trinajstić information content (AvgIpc) is 3.12. The predicted octanol–water partition coefficient (Wildman–Crippen LogP) is 2.66. The van der Waals surface area contributed by atoms with E-state index in [1.807, 2.05) is 25.3 Å². The van der Waals surface area contributed by atoms with E-state index in [4.69, 9.17) is 10.2 Å². The van der Waals surface area contributed by atoms with E-state index in [0.29, 0.717) is 12.2 Å². The number of carboxylic acid groups (broad SMARTS) is 2. The van der Waals surface area contributed by atoms with Crippen molar-refractivity contribution in [3.05, 3.63) is 59.2 Å². The molecule has 1 aromatic heterocycles. The van der Waals surface area contributed by atoms with Crippen LogP contribution in [-0.4, -0.2) is 46.3 Å². The molecule has 1 aliphatic rings.